The van der Waals surface area contributed by atoms with Gasteiger partial charge in [0.05, 0.1) is 26.2 Å². The fraction of sp³-hybridized carbons (Fsp3) is 0.696. The highest BCUT2D eigenvalue weighted by molar-refractivity contribution is 5.76. The van der Waals surface area contributed by atoms with Crippen molar-refractivity contribution in [2.75, 3.05) is 20.3 Å². The van der Waals surface area contributed by atoms with Crippen LogP contribution >= 0.6 is 0 Å². The highest BCUT2D eigenvalue weighted by Gasteiger charge is 2.48. The third kappa shape index (κ3) is 6.16. The molecule has 2 fully saturated rings. The number of benzene rings is 1. The quantitative estimate of drug-likeness (QED) is 0.264. The van der Waals surface area contributed by atoms with Gasteiger partial charge in [-0.05, 0) is 44.2 Å². The van der Waals surface area contributed by atoms with Crippen molar-refractivity contribution in [2.45, 2.75) is 64.1 Å². The number of hydrogen-bond acceptors (Lipinski definition) is 5. The lowest BCUT2D eigenvalue weighted by Crippen LogP contribution is -2.39. The summed E-state index contributed by atoms with van der Waals surface area (Å²) >= 11 is 0. The van der Waals surface area contributed by atoms with Crippen molar-refractivity contribution in [1.29, 1.82) is 0 Å². The Morgan fingerprint density at radius 3 is 1.97 bits per heavy atom. The second-order valence-electron chi connectivity index (χ2n) is 8.73. The number of carbonyl (C=O) groups excluding carboxylic acids is 1. The first-order chi connectivity index (χ1) is 16.0. The standard InChI is InChI=1S/C23H28F6O5/c1-3-4-13-11-32-21(33-12-13)15-7-5-14(6-8-15)20(30)34-17-10-9-16(31-2)18(22(24,25)26)19(17)23(27,28)29/h9-10,13-15,21H,3-8,11-12H2,1-2H3. The summed E-state index contributed by atoms with van der Waals surface area (Å²) in [5.74, 6) is -3.53. The van der Waals surface area contributed by atoms with Gasteiger partial charge in [-0.25, -0.2) is 0 Å². The third-order valence-electron chi connectivity index (χ3n) is 6.31. The molecule has 3 rings (SSSR count). The van der Waals surface area contributed by atoms with E-state index in [-0.39, 0.29) is 5.92 Å². The van der Waals surface area contributed by atoms with E-state index in [1.165, 1.54) is 0 Å². The Labute approximate surface area is 193 Å². The summed E-state index contributed by atoms with van der Waals surface area (Å²) in [7, 11) is 0.832. The molecule has 5 nitrogen and oxygen atoms in total. The molecule has 1 aromatic rings. The first-order valence-corrected chi connectivity index (χ1v) is 11.3. The lowest BCUT2D eigenvalue weighted by molar-refractivity contribution is -0.230. The van der Waals surface area contributed by atoms with Crippen molar-refractivity contribution in [3.8, 4) is 11.5 Å². The molecule has 0 radical (unpaired) electrons. The summed E-state index contributed by atoms with van der Waals surface area (Å²) in [6.45, 7) is 3.28. The van der Waals surface area contributed by atoms with Crippen LogP contribution in [0.2, 0.25) is 0 Å². The van der Waals surface area contributed by atoms with Gasteiger partial charge in [-0.2, -0.15) is 26.3 Å². The second-order valence-corrected chi connectivity index (χ2v) is 8.73. The predicted molar refractivity (Wildman–Crippen MR) is 108 cm³/mol. The molecule has 0 atom stereocenters. The van der Waals surface area contributed by atoms with E-state index in [9.17, 15) is 31.1 Å². The molecule has 11 heteroatoms. The summed E-state index contributed by atoms with van der Waals surface area (Å²) in [6, 6.07) is 1.39. The zero-order valence-corrected chi connectivity index (χ0v) is 18.9. The van der Waals surface area contributed by atoms with Gasteiger partial charge in [0, 0.05) is 11.8 Å². The number of methoxy groups -OCH3 is 1. The van der Waals surface area contributed by atoms with Crippen LogP contribution in [-0.2, 0) is 26.6 Å². The normalized spacial score (nSPS) is 26.2. The molecule has 0 N–H and O–H groups in total. The van der Waals surface area contributed by atoms with Crippen molar-refractivity contribution in [3.63, 3.8) is 0 Å². The van der Waals surface area contributed by atoms with Crippen molar-refractivity contribution in [2.24, 2.45) is 17.8 Å². The van der Waals surface area contributed by atoms with E-state index in [0.717, 1.165) is 20.0 Å². The van der Waals surface area contributed by atoms with Gasteiger partial charge in [-0.3, -0.25) is 4.79 Å². The van der Waals surface area contributed by atoms with Crippen LogP contribution in [0.25, 0.3) is 0 Å². The number of ether oxygens (including phenoxy) is 4. The molecule has 0 unspecified atom stereocenters. The van der Waals surface area contributed by atoms with Crippen molar-refractivity contribution < 1.29 is 50.1 Å². The zero-order chi connectivity index (χ0) is 25.1. The summed E-state index contributed by atoms with van der Waals surface area (Å²) < 4.78 is 102. The van der Waals surface area contributed by atoms with Gasteiger partial charge in [-0.15, -0.1) is 0 Å². The van der Waals surface area contributed by atoms with E-state index in [1.54, 1.807) is 0 Å². The third-order valence-corrected chi connectivity index (χ3v) is 6.31. The van der Waals surface area contributed by atoms with E-state index >= 15 is 0 Å². The molecule has 1 aliphatic carbocycles. The van der Waals surface area contributed by atoms with Crippen LogP contribution in [0.3, 0.4) is 0 Å². The molecular weight excluding hydrogens is 470 g/mol. The van der Waals surface area contributed by atoms with E-state index in [4.69, 9.17) is 14.2 Å². The minimum Gasteiger partial charge on any atom is -0.496 e. The maximum absolute atomic E-state index is 13.6. The van der Waals surface area contributed by atoms with Crippen molar-refractivity contribution >= 4 is 5.97 Å². The lowest BCUT2D eigenvalue weighted by atomic mass is 9.81. The Morgan fingerprint density at radius 2 is 1.47 bits per heavy atom. The highest BCUT2D eigenvalue weighted by Crippen LogP contribution is 2.49. The monoisotopic (exact) mass is 498 g/mol. The molecular formula is C23H28F6O5. The van der Waals surface area contributed by atoms with E-state index in [1.807, 2.05) is 0 Å². The van der Waals surface area contributed by atoms with Gasteiger partial charge in [0.2, 0.25) is 0 Å². The van der Waals surface area contributed by atoms with Crippen LogP contribution < -0.4 is 9.47 Å². The Hall–Kier alpha value is -2.01. The van der Waals surface area contributed by atoms with Gasteiger partial charge in [0.1, 0.15) is 22.6 Å². The molecule has 1 saturated carbocycles. The molecule has 1 heterocycles. The summed E-state index contributed by atoms with van der Waals surface area (Å²) in [4.78, 5) is 12.6. The van der Waals surface area contributed by atoms with Crippen LogP contribution in [0.5, 0.6) is 11.5 Å². The SMILES string of the molecule is CCCC1COC(C2CCC(C(=O)Oc3ccc(OC)c(C(F)(F)F)c3C(F)(F)F)CC2)OC1. The van der Waals surface area contributed by atoms with Gasteiger partial charge in [0.25, 0.3) is 0 Å². The number of alkyl halides is 6. The van der Waals surface area contributed by atoms with Crippen LogP contribution in [0, 0.1) is 17.8 Å². The van der Waals surface area contributed by atoms with Crippen LogP contribution in [0.15, 0.2) is 12.1 Å². The van der Waals surface area contributed by atoms with Crippen LogP contribution in [-0.4, -0.2) is 32.6 Å². The molecule has 1 saturated heterocycles. The van der Waals surface area contributed by atoms with Crippen LogP contribution in [0.4, 0.5) is 26.3 Å². The minimum absolute atomic E-state index is 0.0372. The fourth-order valence-electron chi connectivity index (χ4n) is 4.61. The van der Waals surface area contributed by atoms with E-state index in [0.29, 0.717) is 56.9 Å². The Balaban J connectivity index is 1.68. The van der Waals surface area contributed by atoms with Gasteiger partial charge < -0.3 is 18.9 Å². The first kappa shape index (κ1) is 26.6. The maximum Gasteiger partial charge on any atom is 0.420 e. The maximum atomic E-state index is 13.6. The molecule has 0 spiro atoms. The minimum atomic E-state index is -5.42. The summed E-state index contributed by atoms with van der Waals surface area (Å²) in [6.07, 6.45) is -7.44. The molecule has 1 aliphatic heterocycles. The smallest absolute Gasteiger partial charge is 0.420 e. The Bertz CT molecular complexity index is 837. The van der Waals surface area contributed by atoms with E-state index in [2.05, 4.69) is 11.7 Å². The number of esters is 1. The van der Waals surface area contributed by atoms with Crippen molar-refractivity contribution in [3.05, 3.63) is 23.3 Å². The van der Waals surface area contributed by atoms with Crippen LogP contribution in [0.1, 0.15) is 56.6 Å². The number of hydrogen-bond donors (Lipinski definition) is 0. The largest absolute Gasteiger partial charge is 0.496 e. The highest BCUT2D eigenvalue weighted by atomic mass is 19.4. The molecule has 0 bridgehead atoms. The molecule has 1 aromatic carbocycles. The Kier molecular flexibility index (Phi) is 8.38. The summed E-state index contributed by atoms with van der Waals surface area (Å²) in [5, 5.41) is 0. The topological polar surface area (TPSA) is 54.0 Å². The van der Waals surface area contributed by atoms with Gasteiger partial charge in [-0.1, -0.05) is 13.3 Å². The van der Waals surface area contributed by atoms with Crippen molar-refractivity contribution in [1.82, 2.24) is 0 Å². The fourth-order valence-corrected chi connectivity index (χ4v) is 4.61. The molecule has 0 amide bonds. The second kappa shape index (κ2) is 10.7. The molecule has 192 valence electrons. The van der Waals surface area contributed by atoms with Gasteiger partial charge in [0.15, 0.2) is 6.29 Å². The predicted octanol–water partition coefficient (Wildman–Crippen LogP) is 6.23. The first-order valence-electron chi connectivity index (χ1n) is 11.3. The number of rotatable bonds is 6. The molecule has 34 heavy (non-hydrogen) atoms. The average Bonchev–Trinajstić information content (AvgIpc) is 2.78. The zero-order valence-electron chi connectivity index (χ0n) is 18.9. The number of halogens is 6. The average molecular weight is 498 g/mol. The summed E-state index contributed by atoms with van der Waals surface area (Å²) in [5.41, 5.74) is -4.10. The lowest BCUT2D eigenvalue weighted by Gasteiger charge is -2.37. The molecule has 2 aliphatic rings. The molecule has 0 aromatic heterocycles. The Morgan fingerprint density at radius 1 is 0.941 bits per heavy atom. The van der Waals surface area contributed by atoms with Gasteiger partial charge >= 0.3 is 18.3 Å². The van der Waals surface area contributed by atoms with E-state index < -0.39 is 53.2 Å². The number of carbonyl (C=O) groups is 1.